The number of benzene rings is 9. The van der Waals surface area contributed by atoms with Crippen LogP contribution in [0.25, 0.3) is 105 Å². The standard InChI is InChI=1S/C54H32BN3O2/c1-3-17-33(18-4-1)56-43-26-12-7-23-38(43)48-49-39-24-8-13-27-44(39)58(53(49)54-50(52(48)56)40-25-9-14-28-45(40)57(54)34-19-5-2-6-20-34)35-31-41-36-21-10-15-29-46(36)59-55-51(41)42(32-35)37-22-11-16-30-47(37)60-55/h1-32H. The Kier molecular flexibility index (Phi) is 6.31. The molecule has 0 saturated heterocycles. The fourth-order valence-corrected chi connectivity index (χ4v) is 10.5. The lowest BCUT2D eigenvalue weighted by atomic mass is 9.66. The summed E-state index contributed by atoms with van der Waals surface area (Å²) in [7, 11) is -0.553. The van der Waals surface area contributed by atoms with Crippen LogP contribution >= 0.6 is 0 Å². The lowest BCUT2D eigenvalue weighted by Crippen LogP contribution is -2.49. The summed E-state index contributed by atoms with van der Waals surface area (Å²) in [6, 6.07) is 70.0. The zero-order valence-electron chi connectivity index (χ0n) is 32.2. The van der Waals surface area contributed by atoms with Gasteiger partial charge in [0.05, 0.1) is 33.1 Å². The summed E-state index contributed by atoms with van der Waals surface area (Å²) < 4.78 is 20.8. The summed E-state index contributed by atoms with van der Waals surface area (Å²) in [5.41, 5.74) is 15.8. The molecule has 278 valence electrons. The van der Waals surface area contributed by atoms with Gasteiger partial charge in [-0.2, -0.15) is 0 Å². The Hall–Kier alpha value is -7.96. The van der Waals surface area contributed by atoms with E-state index in [1.165, 1.54) is 48.9 Å². The van der Waals surface area contributed by atoms with E-state index in [-0.39, 0.29) is 0 Å². The van der Waals surface area contributed by atoms with Gasteiger partial charge in [0.2, 0.25) is 0 Å². The molecule has 0 fully saturated rings. The van der Waals surface area contributed by atoms with E-state index in [2.05, 4.69) is 196 Å². The first-order valence-electron chi connectivity index (χ1n) is 20.5. The Morgan fingerprint density at radius 1 is 0.317 bits per heavy atom. The van der Waals surface area contributed by atoms with Crippen molar-refractivity contribution in [3.05, 3.63) is 194 Å². The largest absolute Gasteiger partial charge is 0.633 e. The van der Waals surface area contributed by atoms with Gasteiger partial charge in [0.25, 0.3) is 0 Å². The quantitative estimate of drug-likeness (QED) is 0.168. The summed E-state index contributed by atoms with van der Waals surface area (Å²) in [5, 5.41) is 7.34. The third-order valence-corrected chi connectivity index (χ3v) is 12.8. The van der Waals surface area contributed by atoms with Crippen molar-refractivity contribution >= 4 is 78.0 Å². The average Bonchev–Trinajstić information content (AvgIpc) is 3.96. The molecule has 0 N–H and O–H groups in total. The Labute approximate surface area is 344 Å². The number of para-hydroxylation sites is 7. The van der Waals surface area contributed by atoms with E-state index in [1.54, 1.807) is 0 Å². The maximum Gasteiger partial charge on any atom is 0.633 e. The normalized spacial score (nSPS) is 12.9. The highest BCUT2D eigenvalue weighted by Gasteiger charge is 2.42. The van der Waals surface area contributed by atoms with Crippen LogP contribution < -0.4 is 14.8 Å². The van der Waals surface area contributed by atoms with Crippen LogP contribution in [0.3, 0.4) is 0 Å². The highest BCUT2D eigenvalue weighted by molar-refractivity contribution is 6.68. The fraction of sp³-hybridized carbons (Fsp3) is 0. The minimum absolute atomic E-state index is 0.553. The van der Waals surface area contributed by atoms with Gasteiger partial charge in [-0.25, -0.2) is 0 Å². The minimum Gasteiger partial charge on any atom is -0.521 e. The monoisotopic (exact) mass is 765 g/mol. The first-order valence-corrected chi connectivity index (χ1v) is 20.5. The summed E-state index contributed by atoms with van der Waals surface area (Å²) in [5.74, 6) is 1.64. The number of hydrogen-bond acceptors (Lipinski definition) is 2. The predicted molar refractivity (Wildman–Crippen MR) is 247 cm³/mol. The highest BCUT2D eigenvalue weighted by atomic mass is 16.6. The fourth-order valence-electron chi connectivity index (χ4n) is 10.5. The molecule has 0 radical (unpaired) electrons. The van der Waals surface area contributed by atoms with Gasteiger partial charge in [0, 0.05) is 66.0 Å². The molecular weight excluding hydrogens is 733 g/mol. The molecule has 6 heteroatoms. The van der Waals surface area contributed by atoms with Crippen LogP contribution in [0.15, 0.2) is 194 Å². The van der Waals surface area contributed by atoms with Crippen molar-refractivity contribution in [2.45, 2.75) is 0 Å². The van der Waals surface area contributed by atoms with Crippen molar-refractivity contribution in [2.24, 2.45) is 0 Å². The number of hydrogen-bond donors (Lipinski definition) is 0. The third kappa shape index (κ3) is 4.11. The van der Waals surface area contributed by atoms with Crippen LogP contribution in [0, 0.1) is 0 Å². The molecular formula is C54H32BN3O2. The lowest BCUT2D eigenvalue weighted by Gasteiger charge is -2.32. The molecule has 2 aliphatic rings. The van der Waals surface area contributed by atoms with Crippen molar-refractivity contribution in [2.75, 3.05) is 0 Å². The first-order chi connectivity index (χ1) is 29.8. The van der Waals surface area contributed by atoms with E-state index in [0.717, 1.165) is 72.8 Å². The third-order valence-electron chi connectivity index (χ3n) is 12.8. The Morgan fingerprint density at radius 3 is 1.23 bits per heavy atom. The van der Waals surface area contributed by atoms with Crippen molar-refractivity contribution in [3.63, 3.8) is 0 Å². The number of fused-ring (bicyclic) bond motifs is 16. The summed E-state index contributed by atoms with van der Waals surface area (Å²) in [6.45, 7) is 0. The second-order valence-corrected chi connectivity index (χ2v) is 15.9. The molecule has 0 saturated carbocycles. The molecule has 14 rings (SSSR count). The van der Waals surface area contributed by atoms with Gasteiger partial charge in [0.1, 0.15) is 11.5 Å². The van der Waals surface area contributed by atoms with Crippen LogP contribution in [0.4, 0.5) is 0 Å². The van der Waals surface area contributed by atoms with Crippen LogP contribution in [0.5, 0.6) is 11.5 Å². The molecule has 0 bridgehead atoms. The smallest absolute Gasteiger partial charge is 0.521 e. The van der Waals surface area contributed by atoms with Gasteiger partial charge in [-0.1, -0.05) is 127 Å². The van der Waals surface area contributed by atoms with Gasteiger partial charge >= 0.3 is 7.12 Å². The Morgan fingerprint density at radius 2 is 0.700 bits per heavy atom. The van der Waals surface area contributed by atoms with E-state index in [4.69, 9.17) is 9.31 Å². The Bertz CT molecular complexity index is 3720. The van der Waals surface area contributed by atoms with Crippen LogP contribution in [-0.2, 0) is 0 Å². The van der Waals surface area contributed by atoms with Crippen molar-refractivity contribution in [3.8, 4) is 50.8 Å². The van der Waals surface area contributed by atoms with Gasteiger partial charge < -0.3 is 23.0 Å². The van der Waals surface area contributed by atoms with E-state index in [9.17, 15) is 0 Å². The summed E-state index contributed by atoms with van der Waals surface area (Å²) in [6.07, 6.45) is 0. The SMILES string of the molecule is c1ccc(-n2c3ccccc3c3c4c5ccccc5n(-c5cc6c7c(c5)-c5ccccc5OB7Oc5ccccc5-6)c4c4c(c5ccccc5n4-c4ccccc4)c32)cc1. The molecule has 5 nitrogen and oxygen atoms in total. The van der Waals surface area contributed by atoms with Crippen molar-refractivity contribution < 1.29 is 9.31 Å². The second-order valence-electron chi connectivity index (χ2n) is 15.9. The number of rotatable bonds is 3. The molecule has 2 aliphatic heterocycles. The summed E-state index contributed by atoms with van der Waals surface area (Å²) in [4.78, 5) is 0. The minimum atomic E-state index is -0.553. The molecule has 0 amide bonds. The molecule has 5 heterocycles. The zero-order chi connectivity index (χ0) is 39.1. The van der Waals surface area contributed by atoms with Crippen molar-refractivity contribution in [1.82, 2.24) is 13.7 Å². The zero-order valence-corrected chi connectivity index (χ0v) is 32.2. The second kappa shape index (κ2) is 11.8. The molecule has 12 aromatic rings. The van der Waals surface area contributed by atoms with Gasteiger partial charge in [-0.05, 0) is 77.9 Å². The predicted octanol–water partition coefficient (Wildman–Crippen LogP) is 12.8. The molecule has 3 aromatic heterocycles. The topological polar surface area (TPSA) is 33.2 Å². The molecule has 0 spiro atoms. The van der Waals surface area contributed by atoms with Crippen molar-refractivity contribution in [1.29, 1.82) is 0 Å². The highest BCUT2D eigenvalue weighted by Crippen LogP contribution is 2.51. The number of aromatic nitrogens is 3. The molecule has 0 unspecified atom stereocenters. The van der Waals surface area contributed by atoms with Gasteiger partial charge in [-0.15, -0.1) is 0 Å². The first kappa shape index (κ1) is 32.1. The molecule has 60 heavy (non-hydrogen) atoms. The van der Waals surface area contributed by atoms with E-state index < -0.39 is 7.12 Å². The van der Waals surface area contributed by atoms with E-state index in [1.807, 2.05) is 12.1 Å². The molecule has 9 aromatic carbocycles. The van der Waals surface area contributed by atoms with E-state index in [0.29, 0.717) is 0 Å². The average molecular weight is 766 g/mol. The molecule has 0 aliphatic carbocycles. The van der Waals surface area contributed by atoms with E-state index >= 15 is 0 Å². The lowest BCUT2D eigenvalue weighted by molar-refractivity contribution is 0.436. The van der Waals surface area contributed by atoms with Gasteiger partial charge in [0.15, 0.2) is 0 Å². The molecule has 0 atom stereocenters. The maximum absolute atomic E-state index is 6.62. The van der Waals surface area contributed by atoms with Crippen LogP contribution in [0.1, 0.15) is 0 Å². The Balaban J connectivity index is 1.27. The number of nitrogens with zero attached hydrogens (tertiary/aromatic N) is 3. The summed E-state index contributed by atoms with van der Waals surface area (Å²) >= 11 is 0. The van der Waals surface area contributed by atoms with Crippen LogP contribution in [0.2, 0.25) is 0 Å². The van der Waals surface area contributed by atoms with Gasteiger partial charge in [-0.3, -0.25) is 0 Å². The van der Waals surface area contributed by atoms with Crippen LogP contribution in [-0.4, -0.2) is 20.8 Å². The maximum atomic E-state index is 6.62.